The summed E-state index contributed by atoms with van der Waals surface area (Å²) in [5, 5.41) is -0.0691. The van der Waals surface area contributed by atoms with Crippen LogP contribution in [0.4, 0.5) is 0 Å². The SMILES string of the molecule is C#CC(O[Si](C)(C)C(C)(C)C)[C@@H]1OC(C)(C)O[C@@H]1C(=O)COC(c1ccccc1)(c1ccccc1)c1ccccc1. The van der Waals surface area contributed by atoms with Gasteiger partial charge in [0.1, 0.15) is 24.4 Å². The van der Waals surface area contributed by atoms with Crippen LogP contribution in [0, 0.1) is 12.3 Å². The first-order valence-electron chi connectivity index (χ1n) is 14.1. The Kier molecular flexibility index (Phi) is 9.08. The van der Waals surface area contributed by atoms with Gasteiger partial charge in [0, 0.05) is 0 Å². The summed E-state index contributed by atoms with van der Waals surface area (Å²) in [6, 6.07) is 29.9. The van der Waals surface area contributed by atoms with Gasteiger partial charge in [-0.25, -0.2) is 0 Å². The van der Waals surface area contributed by atoms with Crippen molar-refractivity contribution in [2.75, 3.05) is 6.61 Å². The van der Waals surface area contributed by atoms with Crippen molar-refractivity contribution in [3.05, 3.63) is 108 Å². The minimum absolute atomic E-state index is 0.0691. The average Bonchev–Trinajstić information content (AvgIpc) is 3.28. The fourth-order valence-corrected chi connectivity index (χ4v) is 6.17. The summed E-state index contributed by atoms with van der Waals surface area (Å²) in [4.78, 5) is 14.0. The first kappa shape index (κ1) is 30.9. The molecule has 1 unspecified atom stereocenters. The molecule has 3 atom stereocenters. The van der Waals surface area contributed by atoms with Crippen LogP contribution in [0.2, 0.25) is 18.1 Å². The fourth-order valence-electron chi connectivity index (χ4n) is 4.98. The van der Waals surface area contributed by atoms with E-state index < -0.39 is 38.0 Å². The van der Waals surface area contributed by atoms with Gasteiger partial charge in [0.05, 0.1) is 0 Å². The molecule has 1 saturated heterocycles. The van der Waals surface area contributed by atoms with Crippen LogP contribution in [-0.4, -0.2) is 44.8 Å². The van der Waals surface area contributed by atoms with Gasteiger partial charge in [0.25, 0.3) is 0 Å². The van der Waals surface area contributed by atoms with E-state index in [1.165, 1.54) is 0 Å². The molecule has 0 spiro atoms. The third kappa shape index (κ3) is 6.56. The van der Waals surface area contributed by atoms with Gasteiger partial charge < -0.3 is 18.6 Å². The molecule has 6 heteroatoms. The largest absolute Gasteiger partial charge is 0.401 e. The van der Waals surface area contributed by atoms with E-state index in [2.05, 4.69) is 39.8 Å². The van der Waals surface area contributed by atoms with Gasteiger partial charge in [0.2, 0.25) is 0 Å². The number of hydrogen-bond donors (Lipinski definition) is 0. The molecule has 0 saturated carbocycles. The highest BCUT2D eigenvalue weighted by Gasteiger charge is 2.51. The second-order valence-corrected chi connectivity index (χ2v) is 17.3. The highest BCUT2D eigenvalue weighted by molar-refractivity contribution is 6.74. The van der Waals surface area contributed by atoms with Gasteiger partial charge >= 0.3 is 0 Å². The van der Waals surface area contributed by atoms with Gasteiger partial charge in [-0.15, -0.1) is 6.42 Å². The number of carbonyl (C=O) groups is 1. The van der Waals surface area contributed by atoms with E-state index in [-0.39, 0.29) is 17.4 Å². The number of hydrogen-bond acceptors (Lipinski definition) is 5. The molecule has 0 radical (unpaired) electrons. The third-order valence-electron chi connectivity index (χ3n) is 8.11. The standard InChI is InChI=1S/C35H42O5Si/c1-9-30(40-41(7,8)33(2,3)4)32-31(38-34(5,6)39-32)29(36)25-37-35(26-19-13-10-14-20-26,27-21-15-11-16-22-27)28-23-17-12-18-24-28/h1,10-24,30-32H,25H2,2-8H3/t30?,31-,32+/m1/s1. The summed E-state index contributed by atoms with van der Waals surface area (Å²) in [6.07, 6.45) is 3.54. The Labute approximate surface area is 246 Å². The number of benzene rings is 3. The molecule has 3 aromatic carbocycles. The molecule has 0 N–H and O–H groups in total. The number of Topliss-reactive ketones (excluding diaryl/α,β-unsaturated/α-hetero) is 1. The maximum Gasteiger partial charge on any atom is 0.193 e. The lowest BCUT2D eigenvalue weighted by atomic mass is 9.80. The predicted molar refractivity (Wildman–Crippen MR) is 165 cm³/mol. The lowest BCUT2D eigenvalue weighted by Crippen LogP contribution is -2.50. The maximum absolute atomic E-state index is 14.0. The van der Waals surface area contributed by atoms with Crippen molar-refractivity contribution < 1.29 is 23.4 Å². The molecule has 1 aliphatic rings. The van der Waals surface area contributed by atoms with E-state index in [1.807, 2.05) is 91.0 Å². The van der Waals surface area contributed by atoms with Crippen LogP contribution in [0.1, 0.15) is 51.3 Å². The fraction of sp³-hybridized carbons (Fsp3) is 0.400. The highest BCUT2D eigenvalue weighted by Crippen LogP contribution is 2.42. The van der Waals surface area contributed by atoms with Crippen molar-refractivity contribution in [3.63, 3.8) is 0 Å². The molecule has 3 aromatic rings. The Balaban J connectivity index is 1.70. The van der Waals surface area contributed by atoms with E-state index >= 15 is 0 Å². The molecule has 4 rings (SSSR count). The van der Waals surface area contributed by atoms with E-state index in [1.54, 1.807) is 13.8 Å². The quantitative estimate of drug-likeness (QED) is 0.148. The van der Waals surface area contributed by atoms with Crippen LogP contribution in [-0.2, 0) is 29.0 Å². The number of ether oxygens (including phenoxy) is 3. The minimum Gasteiger partial charge on any atom is -0.401 e. The predicted octanol–water partition coefficient (Wildman–Crippen LogP) is 7.11. The Morgan fingerprint density at radius 3 is 1.71 bits per heavy atom. The zero-order valence-electron chi connectivity index (χ0n) is 25.2. The summed E-state index contributed by atoms with van der Waals surface area (Å²) in [7, 11) is -2.27. The number of rotatable bonds is 10. The smallest absolute Gasteiger partial charge is 0.193 e. The molecular weight excluding hydrogens is 528 g/mol. The molecule has 216 valence electrons. The Bertz CT molecular complexity index is 1240. The third-order valence-corrected chi connectivity index (χ3v) is 12.6. The summed E-state index contributed by atoms with van der Waals surface area (Å²) in [6.45, 7) is 14.1. The molecule has 41 heavy (non-hydrogen) atoms. The van der Waals surface area contributed by atoms with Crippen LogP contribution in [0.15, 0.2) is 91.0 Å². The Hall–Kier alpha value is -3.05. The van der Waals surface area contributed by atoms with Crippen LogP contribution in [0.25, 0.3) is 0 Å². The van der Waals surface area contributed by atoms with Crippen LogP contribution >= 0.6 is 0 Å². The second-order valence-electron chi connectivity index (χ2n) is 12.5. The van der Waals surface area contributed by atoms with Crippen molar-refractivity contribution in [1.29, 1.82) is 0 Å². The Morgan fingerprint density at radius 2 is 1.32 bits per heavy atom. The van der Waals surface area contributed by atoms with Gasteiger partial charge in [-0.1, -0.05) is 118 Å². The summed E-state index contributed by atoms with van der Waals surface area (Å²) >= 11 is 0. The first-order valence-corrected chi connectivity index (χ1v) is 17.0. The molecule has 1 fully saturated rings. The average molecular weight is 571 g/mol. The van der Waals surface area contributed by atoms with E-state index in [9.17, 15) is 4.79 Å². The number of terminal acetylenes is 1. The van der Waals surface area contributed by atoms with Crippen molar-refractivity contribution in [1.82, 2.24) is 0 Å². The molecule has 0 aliphatic carbocycles. The van der Waals surface area contributed by atoms with Crippen molar-refractivity contribution in [2.45, 2.75) is 82.5 Å². The van der Waals surface area contributed by atoms with E-state index in [0.717, 1.165) is 16.7 Å². The molecular formula is C35H42O5Si. The molecule has 1 heterocycles. The lowest BCUT2D eigenvalue weighted by Gasteiger charge is -2.39. The van der Waals surface area contributed by atoms with Crippen LogP contribution in [0.3, 0.4) is 0 Å². The minimum atomic E-state index is -2.27. The Morgan fingerprint density at radius 1 is 0.878 bits per heavy atom. The topological polar surface area (TPSA) is 54.0 Å². The van der Waals surface area contributed by atoms with Gasteiger partial charge in [-0.2, -0.15) is 0 Å². The molecule has 1 aliphatic heterocycles. The molecule has 0 bridgehead atoms. The lowest BCUT2D eigenvalue weighted by molar-refractivity contribution is -0.160. The van der Waals surface area contributed by atoms with Gasteiger partial charge in [-0.05, 0) is 48.7 Å². The number of carbonyl (C=O) groups excluding carboxylic acids is 1. The van der Waals surface area contributed by atoms with Crippen molar-refractivity contribution >= 4 is 14.1 Å². The molecule has 5 nitrogen and oxygen atoms in total. The normalized spacial score (nSPS) is 19.9. The zero-order chi connectivity index (χ0) is 29.9. The van der Waals surface area contributed by atoms with Crippen molar-refractivity contribution in [2.24, 2.45) is 0 Å². The second kappa shape index (κ2) is 12.0. The first-order chi connectivity index (χ1) is 19.3. The molecule has 0 amide bonds. The maximum atomic E-state index is 14.0. The summed E-state index contributed by atoms with van der Waals surface area (Å²) in [5.41, 5.74) is 1.70. The van der Waals surface area contributed by atoms with E-state index in [4.69, 9.17) is 25.1 Å². The number of ketones is 1. The van der Waals surface area contributed by atoms with Crippen LogP contribution < -0.4 is 0 Å². The van der Waals surface area contributed by atoms with Crippen molar-refractivity contribution in [3.8, 4) is 12.3 Å². The molecule has 0 aromatic heterocycles. The summed E-state index contributed by atoms with van der Waals surface area (Å²) in [5.74, 6) is 1.49. The summed E-state index contributed by atoms with van der Waals surface area (Å²) < 4.78 is 25.8. The zero-order valence-corrected chi connectivity index (χ0v) is 26.2. The van der Waals surface area contributed by atoms with Gasteiger partial charge in [0.15, 0.2) is 26.0 Å². The van der Waals surface area contributed by atoms with Gasteiger partial charge in [-0.3, -0.25) is 4.79 Å². The van der Waals surface area contributed by atoms with Crippen LogP contribution in [0.5, 0.6) is 0 Å². The van der Waals surface area contributed by atoms with E-state index in [0.29, 0.717) is 0 Å². The monoisotopic (exact) mass is 570 g/mol. The highest BCUT2D eigenvalue weighted by atomic mass is 28.4.